The second-order valence-corrected chi connectivity index (χ2v) is 6.37. The van der Waals surface area contributed by atoms with E-state index in [0.29, 0.717) is 11.6 Å². The monoisotopic (exact) mass is 397 g/mol. The first kappa shape index (κ1) is 18.8. The molecule has 1 N–H and O–H groups in total. The number of nitrogens with zero attached hydrogens (tertiary/aromatic N) is 4. The number of halogens is 3. The number of amides is 1. The number of alkyl halides is 3. The third kappa shape index (κ3) is 4.25. The van der Waals surface area contributed by atoms with E-state index < -0.39 is 17.8 Å². The summed E-state index contributed by atoms with van der Waals surface area (Å²) in [5.41, 5.74) is 0.203. The van der Waals surface area contributed by atoms with Gasteiger partial charge in [-0.15, -0.1) is 0 Å². The van der Waals surface area contributed by atoms with Crippen LogP contribution in [0, 0.1) is 0 Å². The normalized spacial score (nSPS) is 11.4. The number of aryl methyl sites for hydroxylation is 1. The van der Waals surface area contributed by atoms with E-state index in [-0.39, 0.29) is 12.2 Å². The number of pyridine rings is 1. The van der Waals surface area contributed by atoms with E-state index in [4.69, 9.17) is 4.74 Å². The zero-order chi connectivity index (χ0) is 19.6. The van der Waals surface area contributed by atoms with Crippen LogP contribution in [0.15, 0.2) is 30.5 Å². The zero-order valence-electron chi connectivity index (χ0n) is 14.2. The predicted octanol–water partition coefficient (Wildman–Crippen LogP) is 2.90. The molecule has 0 fully saturated rings. The molecule has 11 heteroatoms. The van der Waals surface area contributed by atoms with Crippen molar-refractivity contribution in [2.24, 2.45) is 7.05 Å². The van der Waals surface area contributed by atoms with Gasteiger partial charge in [0.2, 0.25) is 5.88 Å². The van der Waals surface area contributed by atoms with E-state index in [0.717, 1.165) is 21.2 Å². The fourth-order valence-corrected chi connectivity index (χ4v) is 2.96. The number of aromatic nitrogens is 4. The fourth-order valence-electron chi connectivity index (χ4n) is 2.29. The minimum atomic E-state index is -4.60. The molecule has 0 aliphatic heterocycles. The third-order valence-electron chi connectivity index (χ3n) is 3.62. The molecular weight excluding hydrogens is 383 g/mol. The first-order valence-corrected chi connectivity index (χ1v) is 8.40. The second kappa shape index (κ2) is 7.35. The average molecular weight is 397 g/mol. The Morgan fingerprint density at radius 1 is 1.33 bits per heavy atom. The topological polar surface area (TPSA) is 81.9 Å². The lowest BCUT2D eigenvalue weighted by Crippen LogP contribution is -2.24. The van der Waals surface area contributed by atoms with Crippen LogP contribution < -0.4 is 10.1 Å². The number of nitrogens with one attached hydrogen (secondary N) is 1. The van der Waals surface area contributed by atoms with Crippen LogP contribution in [-0.2, 0) is 19.8 Å². The molecule has 3 rings (SSSR count). The van der Waals surface area contributed by atoms with Gasteiger partial charge >= 0.3 is 6.18 Å². The molecule has 1 amide bonds. The smallest absolute Gasteiger partial charge is 0.435 e. The van der Waals surface area contributed by atoms with E-state index in [1.165, 1.54) is 25.7 Å². The van der Waals surface area contributed by atoms with Gasteiger partial charge in [0, 0.05) is 35.8 Å². The van der Waals surface area contributed by atoms with Crippen LogP contribution in [0.2, 0.25) is 0 Å². The van der Waals surface area contributed by atoms with Crippen LogP contribution in [0.5, 0.6) is 5.88 Å². The van der Waals surface area contributed by atoms with Gasteiger partial charge in [-0.05, 0) is 23.7 Å². The molecule has 0 atom stereocenters. The molecule has 0 radical (unpaired) electrons. The Kier molecular flexibility index (Phi) is 5.13. The number of methoxy groups -OCH3 is 1. The summed E-state index contributed by atoms with van der Waals surface area (Å²) in [6.07, 6.45) is -3.01. The van der Waals surface area contributed by atoms with Gasteiger partial charge in [0.15, 0.2) is 5.69 Å². The summed E-state index contributed by atoms with van der Waals surface area (Å²) in [6, 6.07) is 6.00. The fraction of sp³-hybridized carbons (Fsp3) is 0.250. The van der Waals surface area contributed by atoms with Crippen LogP contribution in [0.3, 0.4) is 0 Å². The van der Waals surface area contributed by atoms with Gasteiger partial charge in [-0.2, -0.15) is 22.6 Å². The second-order valence-electron chi connectivity index (χ2n) is 5.48. The quantitative estimate of drug-likeness (QED) is 0.716. The average Bonchev–Trinajstić information content (AvgIpc) is 3.26. The minimum absolute atomic E-state index is 0.130. The van der Waals surface area contributed by atoms with Crippen LogP contribution in [-0.4, -0.2) is 32.2 Å². The Labute approximate surface area is 156 Å². The molecule has 0 saturated carbocycles. The van der Waals surface area contributed by atoms with E-state index in [9.17, 15) is 18.0 Å². The lowest BCUT2D eigenvalue weighted by atomic mass is 10.2. The molecule has 3 aromatic heterocycles. The van der Waals surface area contributed by atoms with Crippen molar-refractivity contribution in [1.29, 1.82) is 0 Å². The molecule has 0 bridgehead atoms. The maximum Gasteiger partial charge on any atom is 0.435 e. The Morgan fingerprint density at radius 2 is 2.11 bits per heavy atom. The van der Waals surface area contributed by atoms with E-state index in [1.54, 1.807) is 24.4 Å². The summed E-state index contributed by atoms with van der Waals surface area (Å²) >= 11 is 1.18. The largest absolute Gasteiger partial charge is 0.481 e. The van der Waals surface area contributed by atoms with E-state index in [1.807, 2.05) is 0 Å². The van der Waals surface area contributed by atoms with Crippen molar-refractivity contribution < 1.29 is 22.7 Å². The SMILES string of the molecule is COc1cc(-c2cc(CNC(=O)c3cc(C(F)(F)F)nn3C)sn2)ccn1. The number of rotatable bonds is 5. The van der Waals surface area contributed by atoms with Crippen LogP contribution in [0.25, 0.3) is 11.3 Å². The summed E-state index contributed by atoms with van der Waals surface area (Å²) in [5.74, 6) is -0.201. The molecule has 3 heterocycles. The van der Waals surface area contributed by atoms with Gasteiger partial charge in [0.05, 0.1) is 19.3 Å². The molecule has 0 saturated heterocycles. The van der Waals surface area contributed by atoms with Crippen molar-refractivity contribution in [3.05, 3.63) is 46.7 Å². The summed E-state index contributed by atoms with van der Waals surface area (Å²) in [5, 5.41) is 5.90. The molecule has 0 aromatic carbocycles. The zero-order valence-corrected chi connectivity index (χ0v) is 15.1. The Hall–Kier alpha value is -2.95. The predicted molar refractivity (Wildman–Crippen MR) is 91.3 cm³/mol. The van der Waals surface area contributed by atoms with Crippen molar-refractivity contribution in [2.75, 3.05) is 7.11 Å². The number of hydrogen-bond donors (Lipinski definition) is 1. The van der Waals surface area contributed by atoms with Crippen LogP contribution >= 0.6 is 11.5 Å². The van der Waals surface area contributed by atoms with Gasteiger partial charge in [-0.25, -0.2) is 4.98 Å². The van der Waals surface area contributed by atoms with Gasteiger partial charge in [0.1, 0.15) is 5.69 Å². The lowest BCUT2D eigenvalue weighted by Gasteiger charge is -2.03. The van der Waals surface area contributed by atoms with Gasteiger partial charge in [-0.3, -0.25) is 9.48 Å². The highest BCUT2D eigenvalue weighted by molar-refractivity contribution is 7.06. The van der Waals surface area contributed by atoms with E-state index in [2.05, 4.69) is 19.8 Å². The molecule has 7 nitrogen and oxygen atoms in total. The van der Waals surface area contributed by atoms with Crippen molar-refractivity contribution in [1.82, 2.24) is 24.5 Å². The summed E-state index contributed by atoms with van der Waals surface area (Å²) in [7, 11) is 2.79. The molecule has 0 aliphatic carbocycles. The van der Waals surface area contributed by atoms with Crippen molar-refractivity contribution in [2.45, 2.75) is 12.7 Å². The van der Waals surface area contributed by atoms with Gasteiger partial charge < -0.3 is 10.1 Å². The molecule has 0 spiro atoms. The summed E-state index contributed by atoms with van der Waals surface area (Å²) in [4.78, 5) is 16.9. The Morgan fingerprint density at radius 3 is 2.78 bits per heavy atom. The molecule has 3 aromatic rings. The Bertz CT molecular complexity index is 967. The molecular formula is C16H14F3N5O2S. The maximum absolute atomic E-state index is 12.7. The van der Waals surface area contributed by atoms with Crippen LogP contribution in [0.4, 0.5) is 13.2 Å². The van der Waals surface area contributed by atoms with Crippen molar-refractivity contribution >= 4 is 17.4 Å². The van der Waals surface area contributed by atoms with Crippen molar-refractivity contribution in [3.8, 4) is 17.1 Å². The number of ether oxygens (including phenoxy) is 1. The Balaban J connectivity index is 1.68. The summed E-state index contributed by atoms with van der Waals surface area (Å²) in [6.45, 7) is 0.130. The van der Waals surface area contributed by atoms with Gasteiger partial charge in [0.25, 0.3) is 5.91 Å². The highest BCUT2D eigenvalue weighted by Crippen LogP contribution is 2.28. The van der Waals surface area contributed by atoms with Crippen LogP contribution in [0.1, 0.15) is 21.1 Å². The third-order valence-corrected chi connectivity index (χ3v) is 4.41. The lowest BCUT2D eigenvalue weighted by molar-refractivity contribution is -0.141. The minimum Gasteiger partial charge on any atom is -0.481 e. The molecule has 0 aliphatic rings. The molecule has 0 unspecified atom stereocenters. The number of carbonyl (C=O) groups is 1. The van der Waals surface area contributed by atoms with E-state index >= 15 is 0 Å². The molecule has 142 valence electrons. The van der Waals surface area contributed by atoms with Gasteiger partial charge in [-0.1, -0.05) is 0 Å². The van der Waals surface area contributed by atoms with Crippen molar-refractivity contribution in [3.63, 3.8) is 0 Å². The highest BCUT2D eigenvalue weighted by Gasteiger charge is 2.35. The highest BCUT2D eigenvalue weighted by atomic mass is 32.1. The maximum atomic E-state index is 12.7. The standard InChI is InChI=1S/C16H14F3N5O2S/c1-24-12(7-13(22-24)16(17,18)19)15(25)21-8-10-6-11(23-27-10)9-3-4-20-14(5-9)26-2/h3-7H,8H2,1-2H3,(H,21,25). The number of hydrogen-bond acceptors (Lipinski definition) is 6. The molecule has 27 heavy (non-hydrogen) atoms. The first-order valence-electron chi connectivity index (χ1n) is 7.63. The summed E-state index contributed by atoms with van der Waals surface area (Å²) < 4.78 is 48.3. The number of carbonyl (C=O) groups excluding carboxylic acids is 1. The first-order chi connectivity index (χ1) is 12.8.